The molecule has 0 bridgehead atoms. The van der Waals surface area contributed by atoms with E-state index in [2.05, 4.69) is 0 Å². The largest absolute Gasteiger partial charge is 0.330 e. The van der Waals surface area contributed by atoms with Gasteiger partial charge in [0.15, 0.2) is 0 Å². The molecular formula is C9H16N2O2. The van der Waals surface area contributed by atoms with Crippen LogP contribution in [0.15, 0.2) is 15.7 Å². The molecule has 1 aromatic heterocycles. The van der Waals surface area contributed by atoms with Crippen LogP contribution in [0.3, 0.4) is 0 Å². The van der Waals surface area contributed by atoms with Gasteiger partial charge in [-0.3, -0.25) is 9.36 Å². The maximum absolute atomic E-state index is 11.1. The molecule has 0 amide bonds. The van der Waals surface area contributed by atoms with Crippen LogP contribution in [0.1, 0.15) is 19.5 Å². The van der Waals surface area contributed by atoms with Gasteiger partial charge in [0.2, 0.25) is 0 Å². The molecule has 0 spiro atoms. The van der Waals surface area contributed by atoms with Gasteiger partial charge in [-0.15, -0.1) is 0 Å². The summed E-state index contributed by atoms with van der Waals surface area (Å²) in [5, 5.41) is 0. The first kappa shape index (κ1) is 11.7. The number of aromatic nitrogens is 2. The Bertz CT molecular complexity index is 388. The molecule has 74 valence electrons. The molecule has 0 N–H and O–H groups in total. The van der Waals surface area contributed by atoms with Gasteiger partial charge in [0.05, 0.1) is 0 Å². The van der Waals surface area contributed by atoms with E-state index in [0.29, 0.717) is 5.69 Å². The fourth-order valence-corrected chi connectivity index (χ4v) is 0.842. The third-order valence-electron chi connectivity index (χ3n) is 1.77. The molecule has 0 aliphatic rings. The molecular weight excluding hydrogens is 168 g/mol. The van der Waals surface area contributed by atoms with Crippen LogP contribution in [0.25, 0.3) is 0 Å². The fourth-order valence-electron chi connectivity index (χ4n) is 0.842. The van der Waals surface area contributed by atoms with E-state index in [4.69, 9.17) is 0 Å². The van der Waals surface area contributed by atoms with E-state index >= 15 is 0 Å². The summed E-state index contributed by atoms with van der Waals surface area (Å²) in [7, 11) is 3.10. The maximum atomic E-state index is 11.1. The molecule has 0 aromatic carbocycles. The summed E-state index contributed by atoms with van der Waals surface area (Å²) >= 11 is 0. The van der Waals surface area contributed by atoms with Crippen molar-refractivity contribution in [2.75, 3.05) is 0 Å². The first-order valence-electron chi connectivity index (χ1n) is 4.27. The van der Waals surface area contributed by atoms with Crippen LogP contribution in [-0.4, -0.2) is 9.13 Å². The van der Waals surface area contributed by atoms with Gasteiger partial charge in [0.1, 0.15) is 0 Å². The molecule has 1 aromatic rings. The van der Waals surface area contributed by atoms with E-state index < -0.39 is 0 Å². The zero-order valence-corrected chi connectivity index (χ0v) is 8.79. The summed E-state index contributed by atoms with van der Waals surface area (Å²) < 4.78 is 2.51. The zero-order chi connectivity index (χ0) is 10.6. The third-order valence-corrected chi connectivity index (χ3v) is 1.77. The molecule has 0 saturated carbocycles. The monoisotopic (exact) mass is 184 g/mol. The predicted molar refractivity (Wildman–Crippen MR) is 53.0 cm³/mol. The number of hydrogen-bond donors (Lipinski definition) is 0. The second-order valence-electron chi connectivity index (χ2n) is 2.52. The molecule has 0 radical (unpaired) electrons. The lowest BCUT2D eigenvalue weighted by Crippen LogP contribution is -2.37. The minimum absolute atomic E-state index is 0.259. The summed E-state index contributed by atoms with van der Waals surface area (Å²) in [4.78, 5) is 22.1. The summed E-state index contributed by atoms with van der Waals surface area (Å²) in [6, 6.07) is 1.43. The summed E-state index contributed by atoms with van der Waals surface area (Å²) in [6.07, 6.45) is 0. The van der Waals surface area contributed by atoms with Gasteiger partial charge in [0.25, 0.3) is 5.56 Å². The molecule has 0 atom stereocenters. The second kappa shape index (κ2) is 4.64. The normalized spacial score (nSPS) is 9.00. The molecule has 1 heterocycles. The minimum Gasteiger partial charge on any atom is -0.301 e. The molecule has 0 unspecified atom stereocenters. The van der Waals surface area contributed by atoms with Gasteiger partial charge in [-0.1, -0.05) is 13.8 Å². The van der Waals surface area contributed by atoms with Crippen LogP contribution in [-0.2, 0) is 14.1 Å². The second-order valence-corrected chi connectivity index (χ2v) is 2.52. The van der Waals surface area contributed by atoms with Crippen molar-refractivity contribution in [3.63, 3.8) is 0 Å². The topological polar surface area (TPSA) is 44.0 Å². The Kier molecular flexibility index (Phi) is 4.17. The van der Waals surface area contributed by atoms with Crippen LogP contribution >= 0.6 is 0 Å². The summed E-state index contributed by atoms with van der Waals surface area (Å²) in [5.41, 5.74) is 0.138. The average molecular weight is 184 g/mol. The highest BCUT2D eigenvalue weighted by molar-refractivity contribution is 4.98. The SMILES string of the molecule is CC.Cc1cc(=O)n(C)c(=O)n1C. The molecule has 1 rings (SSSR count). The van der Waals surface area contributed by atoms with Crippen molar-refractivity contribution in [1.29, 1.82) is 0 Å². The molecule has 4 nitrogen and oxygen atoms in total. The molecule has 13 heavy (non-hydrogen) atoms. The van der Waals surface area contributed by atoms with Crippen molar-refractivity contribution >= 4 is 0 Å². The van der Waals surface area contributed by atoms with Crippen molar-refractivity contribution in [2.45, 2.75) is 20.8 Å². The van der Waals surface area contributed by atoms with Gasteiger partial charge in [-0.25, -0.2) is 4.79 Å². The predicted octanol–water partition coefficient (Wildman–Crippen LogP) is 0.419. The first-order chi connectivity index (χ1) is 6.04. The van der Waals surface area contributed by atoms with Crippen molar-refractivity contribution in [3.05, 3.63) is 32.6 Å². The van der Waals surface area contributed by atoms with E-state index in [1.165, 1.54) is 17.7 Å². The Morgan fingerprint density at radius 2 is 1.54 bits per heavy atom. The van der Waals surface area contributed by atoms with Crippen LogP contribution < -0.4 is 11.2 Å². The Morgan fingerprint density at radius 3 is 2.00 bits per heavy atom. The Morgan fingerprint density at radius 1 is 1.08 bits per heavy atom. The number of nitrogens with zero attached hydrogens (tertiary/aromatic N) is 2. The standard InChI is InChI=1S/C7H10N2O2.C2H6/c1-5-4-6(10)9(3)7(11)8(5)2;1-2/h4H,1-3H3;1-2H3. The molecule has 0 saturated heterocycles. The Labute approximate surface area is 77.4 Å². The van der Waals surface area contributed by atoms with Gasteiger partial charge in [0, 0.05) is 25.9 Å². The Balaban J connectivity index is 0.000000671. The van der Waals surface area contributed by atoms with Crippen LogP contribution in [0.4, 0.5) is 0 Å². The van der Waals surface area contributed by atoms with E-state index in [9.17, 15) is 9.59 Å². The summed E-state index contributed by atoms with van der Waals surface area (Å²) in [5.74, 6) is 0. The van der Waals surface area contributed by atoms with E-state index in [0.717, 1.165) is 4.57 Å². The highest BCUT2D eigenvalue weighted by Gasteiger charge is 1.99. The highest BCUT2D eigenvalue weighted by atomic mass is 16.2. The van der Waals surface area contributed by atoms with Crippen molar-refractivity contribution in [2.24, 2.45) is 14.1 Å². The quantitative estimate of drug-likeness (QED) is 0.586. The minimum atomic E-state index is -0.282. The molecule has 0 aliphatic heterocycles. The van der Waals surface area contributed by atoms with Crippen molar-refractivity contribution < 1.29 is 0 Å². The lowest BCUT2D eigenvalue weighted by molar-refractivity contribution is 0.667. The van der Waals surface area contributed by atoms with Crippen molar-refractivity contribution in [1.82, 2.24) is 9.13 Å². The van der Waals surface area contributed by atoms with E-state index in [1.54, 1.807) is 14.0 Å². The number of aryl methyl sites for hydroxylation is 1. The highest BCUT2D eigenvalue weighted by Crippen LogP contribution is 1.82. The van der Waals surface area contributed by atoms with Gasteiger partial charge >= 0.3 is 5.69 Å². The Hall–Kier alpha value is -1.32. The van der Waals surface area contributed by atoms with Crippen molar-refractivity contribution in [3.8, 4) is 0 Å². The number of rotatable bonds is 0. The van der Waals surface area contributed by atoms with Gasteiger partial charge < -0.3 is 4.57 Å². The van der Waals surface area contributed by atoms with E-state index in [-0.39, 0.29) is 11.2 Å². The molecule has 0 aliphatic carbocycles. The first-order valence-corrected chi connectivity index (χ1v) is 4.27. The average Bonchev–Trinajstić information content (AvgIpc) is 2.15. The molecule has 4 heteroatoms. The summed E-state index contributed by atoms with van der Waals surface area (Å²) in [6.45, 7) is 5.72. The lowest BCUT2D eigenvalue weighted by atomic mass is 10.4. The van der Waals surface area contributed by atoms with Gasteiger partial charge in [-0.05, 0) is 6.92 Å². The third kappa shape index (κ3) is 2.31. The lowest BCUT2D eigenvalue weighted by Gasteiger charge is -2.03. The smallest absolute Gasteiger partial charge is 0.301 e. The number of hydrogen-bond acceptors (Lipinski definition) is 2. The molecule has 0 fully saturated rings. The van der Waals surface area contributed by atoms with Gasteiger partial charge in [-0.2, -0.15) is 0 Å². The van der Waals surface area contributed by atoms with Crippen LogP contribution in [0.2, 0.25) is 0 Å². The van der Waals surface area contributed by atoms with E-state index in [1.807, 2.05) is 13.8 Å². The zero-order valence-electron chi connectivity index (χ0n) is 8.79. The van der Waals surface area contributed by atoms with Crippen LogP contribution in [0.5, 0.6) is 0 Å². The maximum Gasteiger partial charge on any atom is 0.330 e. The van der Waals surface area contributed by atoms with Crippen LogP contribution in [0, 0.1) is 6.92 Å². The fraction of sp³-hybridized carbons (Fsp3) is 0.556.